The maximum Gasteiger partial charge on any atom is 0.183 e. The molecule has 0 aliphatic rings. The third kappa shape index (κ3) is 3.44. The van der Waals surface area contributed by atoms with Crippen LogP contribution in [0.25, 0.3) is 0 Å². The van der Waals surface area contributed by atoms with Crippen molar-refractivity contribution >= 4 is 9.84 Å². The van der Waals surface area contributed by atoms with Crippen LogP contribution in [0, 0.1) is 6.92 Å². The second-order valence-corrected chi connectivity index (χ2v) is 6.11. The van der Waals surface area contributed by atoms with Crippen molar-refractivity contribution in [1.82, 2.24) is 0 Å². The average Bonchev–Trinajstić information content (AvgIpc) is 2.28. The van der Waals surface area contributed by atoms with Gasteiger partial charge in [0.2, 0.25) is 0 Å². The summed E-state index contributed by atoms with van der Waals surface area (Å²) in [5.74, 6) is 0.322. The summed E-state index contributed by atoms with van der Waals surface area (Å²) in [6.07, 6.45) is 0.632. The number of methoxy groups -OCH3 is 1. The van der Waals surface area contributed by atoms with E-state index in [1.807, 2.05) is 19.9 Å². The van der Waals surface area contributed by atoms with Gasteiger partial charge in [0.05, 0.1) is 12.9 Å². The molecule has 0 amide bonds. The van der Waals surface area contributed by atoms with Crippen molar-refractivity contribution in [3.05, 3.63) is 23.8 Å². The van der Waals surface area contributed by atoms with Crippen molar-refractivity contribution in [2.24, 2.45) is 5.73 Å². The van der Waals surface area contributed by atoms with E-state index in [2.05, 4.69) is 0 Å². The van der Waals surface area contributed by atoms with Gasteiger partial charge in [-0.05, 0) is 31.0 Å². The predicted molar refractivity (Wildman–Crippen MR) is 68.1 cm³/mol. The van der Waals surface area contributed by atoms with Gasteiger partial charge in [0.15, 0.2) is 9.84 Å². The van der Waals surface area contributed by atoms with Gasteiger partial charge in [-0.2, -0.15) is 0 Å². The van der Waals surface area contributed by atoms with E-state index >= 15 is 0 Å². The van der Waals surface area contributed by atoms with E-state index in [1.165, 1.54) is 7.11 Å². The lowest BCUT2D eigenvalue weighted by Crippen LogP contribution is -2.29. The molecule has 0 fully saturated rings. The summed E-state index contributed by atoms with van der Waals surface area (Å²) < 4.78 is 29.4. The van der Waals surface area contributed by atoms with Crippen LogP contribution in [-0.2, 0) is 9.84 Å². The van der Waals surface area contributed by atoms with Gasteiger partial charge in [0.1, 0.15) is 10.6 Å². The Bertz CT molecular complexity index is 483. The van der Waals surface area contributed by atoms with Crippen LogP contribution in [0.15, 0.2) is 23.1 Å². The normalized spacial score (nSPS) is 13.4. The molecule has 1 atom stereocenters. The summed E-state index contributed by atoms with van der Waals surface area (Å²) in [5, 5.41) is 0. The molecule has 1 aromatic rings. The molecule has 1 aromatic carbocycles. The van der Waals surface area contributed by atoms with Gasteiger partial charge in [-0.15, -0.1) is 0 Å². The summed E-state index contributed by atoms with van der Waals surface area (Å²) >= 11 is 0. The Hall–Kier alpha value is -1.07. The number of sulfone groups is 1. The molecule has 0 aromatic heterocycles. The van der Waals surface area contributed by atoms with Gasteiger partial charge in [-0.25, -0.2) is 8.42 Å². The quantitative estimate of drug-likeness (QED) is 0.868. The molecule has 4 nitrogen and oxygen atoms in total. The monoisotopic (exact) mass is 257 g/mol. The van der Waals surface area contributed by atoms with E-state index in [0.29, 0.717) is 12.2 Å². The number of ether oxygens (including phenoxy) is 1. The average molecular weight is 257 g/mol. The van der Waals surface area contributed by atoms with Crippen molar-refractivity contribution in [1.29, 1.82) is 0 Å². The van der Waals surface area contributed by atoms with E-state index in [-0.39, 0.29) is 16.7 Å². The van der Waals surface area contributed by atoms with Gasteiger partial charge in [0.25, 0.3) is 0 Å². The molecule has 0 bridgehead atoms. The van der Waals surface area contributed by atoms with E-state index in [9.17, 15) is 8.42 Å². The minimum absolute atomic E-state index is 0.0523. The second-order valence-electron chi connectivity index (χ2n) is 4.10. The number of hydrogen-bond acceptors (Lipinski definition) is 4. The lowest BCUT2D eigenvalue weighted by molar-refractivity contribution is 0.402. The van der Waals surface area contributed by atoms with Crippen LogP contribution in [0.5, 0.6) is 5.75 Å². The van der Waals surface area contributed by atoms with Crippen LogP contribution in [0.4, 0.5) is 0 Å². The van der Waals surface area contributed by atoms with E-state index < -0.39 is 9.84 Å². The minimum atomic E-state index is -3.39. The third-order valence-corrected chi connectivity index (χ3v) is 4.47. The molecule has 0 aliphatic heterocycles. The fourth-order valence-electron chi connectivity index (χ4n) is 1.52. The van der Waals surface area contributed by atoms with Gasteiger partial charge in [-0.1, -0.05) is 13.0 Å². The van der Waals surface area contributed by atoms with Crippen LogP contribution in [0.2, 0.25) is 0 Å². The largest absolute Gasteiger partial charge is 0.495 e. The first-order valence-electron chi connectivity index (χ1n) is 5.53. The van der Waals surface area contributed by atoms with Crippen molar-refractivity contribution in [2.75, 3.05) is 12.9 Å². The Balaban J connectivity index is 3.18. The smallest absolute Gasteiger partial charge is 0.183 e. The summed E-state index contributed by atoms with van der Waals surface area (Å²) in [6.45, 7) is 3.71. The molecule has 17 heavy (non-hydrogen) atoms. The van der Waals surface area contributed by atoms with Crippen molar-refractivity contribution in [3.8, 4) is 5.75 Å². The molecule has 1 rings (SSSR count). The van der Waals surface area contributed by atoms with Crippen LogP contribution in [0.1, 0.15) is 18.9 Å². The zero-order valence-electron chi connectivity index (χ0n) is 10.4. The van der Waals surface area contributed by atoms with Crippen molar-refractivity contribution in [2.45, 2.75) is 31.2 Å². The lowest BCUT2D eigenvalue weighted by Gasteiger charge is -2.13. The molecule has 0 radical (unpaired) electrons. The highest BCUT2D eigenvalue weighted by molar-refractivity contribution is 7.91. The standard InChI is InChI=1S/C12H19NO3S/c1-4-10(13)8-17(14,15)12-7-9(2)5-6-11(12)16-3/h5-7,10H,4,8,13H2,1-3H3. The van der Waals surface area contributed by atoms with Gasteiger partial charge in [0, 0.05) is 6.04 Å². The Morgan fingerprint density at radius 3 is 2.59 bits per heavy atom. The number of aryl methyl sites for hydroxylation is 1. The molecule has 0 aliphatic carbocycles. The highest BCUT2D eigenvalue weighted by Crippen LogP contribution is 2.26. The third-order valence-electron chi connectivity index (χ3n) is 2.61. The number of benzene rings is 1. The Morgan fingerprint density at radius 2 is 2.06 bits per heavy atom. The van der Waals surface area contributed by atoms with Gasteiger partial charge < -0.3 is 10.5 Å². The Labute approximate surface area is 103 Å². The zero-order chi connectivity index (χ0) is 13.1. The van der Waals surface area contributed by atoms with E-state index in [0.717, 1.165) is 5.56 Å². The number of rotatable bonds is 5. The van der Waals surface area contributed by atoms with E-state index in [1.54, 1.807) is 12.1 Å². The zero-order valence-corrected chi connectivity index (χ0v) is 11.3. The molecule has 1 unspecified atom stereocenters. The molecular weight excluding hydrogens is 238 g/mol. The Morgan fingerprint density at radius 1 is 1.41 bits per heavy atom. The van der Waals surface area contributed by atoms with E-state index in [4.69, 9.17) is 10.5 Å². The predicted octanol–water partition coefficient (Wildman–Crippen LogP) is 1.51. The molecule has 2 N–H and O–H groups in total. The summed E-state index contributed by atoms with van der Waals surface area (Å²) in [5.41, 5.74) is 6.59. The first kappa shape index (κ1) is 14.0. The first-order chi connectivity index (χ1) is 7.90. The topological polar surface area (TPSA) is 69.4 Å². The molecule has 0 saturated carbocycles. The lowest BCUT2D eigenvalue weighted by atomic mass is 10.2. The number of hydrogen-bond donors (Lipinski definition) is 1. The molecule has 0 heterocycles. The molecule has 5 heteroatoms. The molecule has 96 valence electrons. The van der Waals surface area contributed by atoms with Crippen LogP contribution in [0.3, 0.4) is 0 Å². The fourth-order valence-corrected chi connectivity index (χ4v) is 3.32. The minimum Gasteiger partial charge on any atom is -0.495 e. The van der Waals surface area contributed by atoms with Crippen LogP contribution < -0.4 is 10.5 Å². The van der Waals surface area contributed by atoms with Crippen LogP contribution in [-0.4, -0.2) is 27.3 Å². The van der Waals surface area contributed by atoms with Gasteiger partial charge >= 0.3 is 0 Å². The second kappa shape index (κ2) is 5.51. The molecule has 0 spiro atoms. The summed E-state index contributed by atoms with van der Waals surface area (Å²) in [6, 6.07) is 4.76. The van der Waals surface area contributed by atoms with Crippen molar-refractivity contribution in [3.63, 3.8) is 0 Å². The highest BCUT2D eigenvalue weighted by atomic mass is 32.2. The van der Waals surface area contributed by atoms with Crippen LogP contribution >= 0.6 is 0 Å². The number of nitrogens with two attached hydrogens (primary N) is 1. The SMILES string of the molecule is CCC(N)CS(=O)(=O)c1cc(C)ccc1OC. The van der Waals surface area contributed by atoms with Crippen molar-refractivity contribution < 1.29 is 13.2 Å². The highest BCUT2D eigenvalue weighted by Gasteiger charge is 2.22. The summed E-state index contributed by atoms with van der Waals surface area (Å²) in [4.78, 5) is 0.226. The first-order valence-corrected chi connectivity index (χ1v) is 7.19. The fraction of sp³-hybridized carbons (Fsp3) is 0.500. The molecule has 0 saturated heterocycles. The molecular formula is C12H19NO3S. The van der Waals surface area contributed by atoms with Gasteiger partial charge in [-0.3, -0.25) is 0 Å². The maximum absolute atomic E-state index is 12.2. The Kier molecular flexibility index (Phi) is 4.54. The maximum atomic E-state index is 12.2. The summed E-state index contributed by atoms with van der Waals surface area (Å²) in [7, 11) is -1.93.